The van der Waals surface area contributed by atoms with E-state index in [1.54, 1.807) is 0 Å². The number of nitrogens with one attached hydrogen (secondary N) is 3. The van der Waals surface area contributed by atoms with E-state index in [4.69, 9.17) is 0 Å². The standard InChI is InChI=1S/C30H40N4O2.ClH/c1-34(2)30(24-12-6-4-7-13-24)19-17-25(18-20-30)33-29(36)22-32-28(35)16-8-3-5-11-23-21-31-27-15-10-9-14-26(23)27;/h4,6-7,9-10,12-15,21,25,31H,3,5,8,11,16-20,22H2,1-2H3,(H,32,35)(H,33,36);1H. The zero-order valence-electron chi connectivity index (χ0n) is 22.1. The van der Waals surface area contributed by atoms with Crippen molar-refractivity contribution >= 4 is 35.1 Å². The molecule has 2 aromatic carbocycles. The van der Waals surface area contributed by atoms with Gasteiger partial charge in [-0.25, -0.2) is 0 Å². The van der Waals surface area contributed by atoms with Crippen molar-refractivity contribution in [1.82, 2.24) is 20.5 Å². The smallest absolute Gasteiger partial charge is 0.239 e. The number of carbonyl (C=O) groups excluding carboxylic acids is 2. The predicted molar refractivity (Wildman–Crippen MR) is 153 cm³/mol. The number of aromatic amines is 1. The second-order valence-corrected chi connectivity index (χ2v) is 10.3. The first-order chi connectivity index (χ1) is 17.5. The molecule has 1 heterocycles. The van der Waals surface area contributed by atoms with E-state index in [0.29, 0.717) is 6.42 Å². The Morgan fingerprint density at radius 3 is 2.38 bits per heavy atom. The van der Waals surface area contributed by atoms with Crippen molar-refractivity contribution in [3.05, 3.63) is 71.9 Å². The SMILES string of the molecule is CN(C)C1(c2ccccc2)CCC(NC(=O)CNC(=O)CCCCCc2c[nH]c3ccccc23)CC1.Cl. The van der Waals surface area contributed by atoms with Gasteiger partial charge in [-0.2, -0.15) is 0 Å². The molecule has 3 aromatic rings. The summed E-state index contributed by atoms with van der Waals surface area (Å²) in [5.74, 6) is -0.138. The van der Waals surface area contributed by atoms with Crippen LogP contribution in [0.15, 0.2) is 60.8 Å². The van der Waals surface area contributed by atoms with Gasteiger partial charge in [-0.3, -0.25) is 14.5 Å². The number of para-hydroxylation sites is 1. The summed E-state index contributed by atoms with van der Waals surface area (Å²) in [6.45, 7) is 0.0577. The van der Waals surface area contributed by atoms with Crippen LogP contribution < -0.4 is 10.6 Å². The van der Waals surface area contributed by atoms with E-state index in [9.17, 15) is 9.59 Å². The molecular formula is C30H41ClN4O2. The van der Waals surface area contributed by atoms with E-state index in [0.717, 1.165) is 51.4 Å². The third-order valence-electron chi connectivity index (χ3n) is 7.82. The summed E-state index contributed by atoms with van der Waals surface area (Å²) in [5.41, 5.74) is 3.87. The van der Waals surface area contributed by atoms with Gasteiger partial charge in [0, 0.05) is 35.1 Å². The molecule has 1 aromatic heterocycles. The number of halogens is 1. The van der Waals surface area contributed by atoms with Gasteiger partial charge in [0.1, 0.15) is 0 Å². The van der Waals surface area contributed by atoms with Gasteiger partial charge in [0.25, 0.3) is 0 Å². The lowest BCUT2D eigenvalue weighted by atomic mass is 9.74. The Morgan fingerprint density at radius 2 is 1.65 bits per heavy atom. The summed E-state index contributed by atoms with van der Waals surface area (Å²) in [5, 5.41) is 7.21. The van der Waals surface area contributed by atoms with Crippen molar-refractivity contribution in [2.75, 3.05) is 20.6 Å². The Hall–Kier alpha value is -2.83. The number of benzene rings is 2. The minimum Gasteiger partial charge on any atom is -0.361 e. The normalized spacial score (nSPS) is 19.4. The fraction of sp³-hybridized carbons (Fsp3) is 0.467. The van der Waals surface area contributed by atoms with Crippen molar-refractivity contribution in [2.24, 2.45) is 0 Å². The lowest BCUT2D eigenvalue weighted by Crippen LogP contribution is -2.50. The number of amides is 2. The molecular weight excluding hydrogens is 484 g/mol. The van der Waals surface area contributed by atoms with Crippen LogP contribution in [-0.2, 0) is 21.5 Å². The number of hydrogen-bond donors (Lipinski definition) is 3. The molecule has 1 fully saturated rings. The highest BCUT2D eigenvalue weighted by atomic mass is 35.5. The van der Waals surface area contributed by atoms with Crippen molar-refractivity contribution in [3.8, 4) is 0 Å². The van der Waals surface area contributed by atoms with Crippen LogP contribution >= 0.6 is 12.4 Å². The van der Waals surface area contributed by atoms with E-state index >= 15 is 0 Å². The van der Waals surface area contributed by atoms with Crippen molar-refractivity contribution < 1.29 is 9.59 Å². The van der Waals surface area contributed by atoms with Crippen molar-refractivity contribution in [3.63, 3.8) is 0 Å². The molecule has 200 valence electrons. The summed E-state index contributed by atoms with van der Waals surface area (Å²) in [7, 11) is 4.29. The molecule has 0 aliphatic heterocycles. The minimum absolute atomic E-state index is 0. The molecule has 2 amide bonds. The zero-order valence-corrected chi connectivity index (χ0v) is 22.9. The first-order valence-corrected chi connectivity index (χ1v) is 13.3. The zero-order chi connectivity index (χ0) is 25.4. The number of aryl methyl sites for hydroxylation is 1. The van der Waals surface area contributed by atoms with Gasteiger partial charge in [0.2, 0.25) is 11.8 Å². The second-order valence-electron chi connectivity index (χ2n) is 10.3. The molecule has 0 unspecified atom stereocenters. The summed E-state index contributed by atoms with van der Waals surface area (Å²) in [6, 6.07) is 19.2. The Balaban J connectivity index is 0.00000380. The van der Waals surface area contributed by atoms with E-state index < -0.39 is 0 Å². The molecule has 6 nitrogen and oxygen atoms in total. The number of H-pyrrole nitrogens is 1. The Morgan fingerprint density at radius 1 is 0.946 bits per heavy atom. The van der Waals surface area contributed by atoms with Crippen molar-refractivity contribution in [1.29, 1.82) is 0 Å². The van der Waals surface area contributed by atoms with Gasteiger partial charge in [0.15, 0.2) is 0 Å². The molecule has 37 heavy (non-hydrogen) atoms. The Bertz CT molecular complexity index is 1140. The van der Waals surface area contributed by atoms with E-state index in [2.05, 4.69) is 89.3 Å². The number of unbranched alkanes of at least 4 members (excludes halogenated alkanes) is 2. The monoisotopic (exact) mass is 524 g/mol. The number of hydrogen-bond acceptors (Lipinski definition) is 3. The third kappa shape index (κ3) is 7.36. The van der Waals surface area contributed by atoms with Gasteiger partial charge in [-0.05, 0) is 76.2 Å². The molecule has 0 saturated heterocycles. The third-order valence-corrected chi connectivity index (χ3v) is 7.82. The van der Waals surface area contributed by atoms with Crippen LogP contribution in [0.3, 0.4) is 0 Å². The molecule has 0 radical (unpaired) electrons. The van der Waals surface area contributed by atoms with E-state index in [1.807, 2.05) is 6.07 Å². The first kappa shape index (κ1) is 28.7. The molecule has 0 atom stereocenters. The highest BCUT2D eigenvalue weighted by molar-refractivity contribution is 5.85. The fourth-order valence-electron chi connectivity index (χ4n) is 5.64. The van der Waals surface area contributed by atoms with E-state index in [1.165, 1.54) is 22.0 Å². The fourth-order valence-corrected chi connectivity index (χ4v) is 5.64. The second kappa shape index (κ2) is 13.6. The number of fused-ring (bicyclic) bond motifs is 1. The average Bonchev–Trinajstić information content (AvgIpc) is 3.31. The van der Waals surface area contributed by atoms with Crippen LogP contribution in [0, 0.1) is 0 Å². The highest BCUT2D eigenvalue weighted by Crippen LogP contribution is 2.41. The predicted octanol–water partition coefficient (Wildman–Crippen LogP) is 5.32. The lowest BCUT2D eigenvalue weighted by Gasteiger charge is -2.45. The van der Waals surface area contributed by atoms with Crippen LogP contribution in [0.25, 0.3) is 10.9 Å². The number of nitrogens with zero attached hydrogens (tertiary/aromatic N) is 1. The maximum absolute atomic E-state index is 12.5. The quantitative estimate of drug-likeness (QED) is 0.297. The van der Waals surface area contributed by atoms with Crippen LogP contribution in [0.2, 0.25) is 0 Å². The molecule has 1 saturated carbocycles. The number of rotatable bonds is 11. The molecule has 4 rings (SSSR count). The first-order valence-electron chi connectivity index (χ1n) is 13.3. The molecule has 0 bridgehead atoms. The van der Waals surface area contributed by atoms with Crippen LogP contribution in [0.5, 0.6) is 0 Å². The average molecular weight is 525 g/mol. The minimum atomic E-state index is -0.0928. The summed E-state index contributed by atoms with van der Waals surface area (Å²) in [6.07, 6.45) is 10.3. The van der Waals surface area contributed by atoms with Gasteiger partial charge >= 0.3 is 0 Å². The molecule has 0 spiro atoms. The largest absolute Gasteiger partial charge is 0.361 e. The molecule has 7 heteroatoms. The van der Waals surface area contributed by atoms with E-state index in [-0.39, 0.29) is 42.3 Å². The van der Waals surface area contributed by atoms with Gasteiger partial charge < -0.3 is 15.6 Å². The summed E-state index contributed by atoms with van der Waals surface area (Å²) < 4.78 is 0. The Kier molecular flexibility index (Phi) is 10.6. The maximum atomic E-state index is 12.5. The number of carbonyl (C=O) groups is 2. The Labute approximate surface area is 227 Å². The number of aromatic nitrogens is 1. The molecule has 3 N–H and O–H groups in total. The molecule has 1 aliphatic carbocycles. The summed E-state index contributed by atoms with van der Waals surface area (Å²) >= 11 is 0. The van der Waals surface area contributed by atoms with Gasteiger partial charge in [-0.15, -0.1) is 12.4 Å². The van der Waals surface area contributed by atoms with Gasteiger partial charge in [0.05, 0.1) is 6.54 Å². The van der Waals surface area contributed by atoms with Crippen LogP contribution in [0.4, 0.5) is 0 Å². The maximum Gasteiger partial charge on any atom is 0.239 e. The highest BCUT2D eigenvalue weighted by Gasteiger charge is 2.38. The van der Waals surface area contributed by atoms with Crippen molar-refractivity contribution in [2.45, 2.75) is 69.4 Å². The molecule has 1 aliphatic rings. The van der Waals surface area contributed by atoms with Gasteiger partial charge in [-0.1, -0.05) is 55.0 Å². The topological polar surface area (TPSA) is 77.2 Å². The lowest BCUT2D eigenvalue weighted by molar-refractivity contribution is -0.126. The summed E-state index contributed by atoms with van der Waals surface area (Å²) in [4.78, 5) is 30.3. The van der Waals surface area contributed by atoms with Crippen LogP contribution in [0.1, 0.15) is 62.5 Å². The van der Waals surface area contributed by atoms with Crippen LogP contribution in [-0.4, -0.2) is 48.4 Å².